The molecular weight excluding hydrogens is 452 g/mol. The summed E-state index contributed by atoms with van der Waals surface area (Å²) >= 11 is 3.18. The Morgan fingerprint density at radius 1 is 1.12 bits per heavy atom. The first kappa shape index (κ1) is 21.4. The van der Waals surface area contributed by atoms with Crippen molar-refractivity contribution in [3.8, 4) is 17.0 Å². The lowest BCUT2D eigenvalue weighted by Crippen LogP contribution is -2.25. The monoisotopic (exact) mass is 474 g/mol. The van der Waals surface area contributed by atoms with Crippen LogP contribution in [0.25, 0.3) is 11.3 Å². The number of hydrogen-bond acceptors (Lipinski definition) is 6. The van der Waals surface area contributed by atoms with Gasteiger partial charge in [-0.25, -0.2) is 9.67 Å². The molecule has 6 nitrogen and oxygen atoms in total. The number of carbonyl (C=O) groups is 1. The Labute approximate surface area is 199 Å². The summed E-state index contributed by atoms with van der Waals surface area (Å²) in [5, 5.41) is 11.9. The second-order valence-corrected chi connectivity index (χ2v) is 9.54. The lowest BCUT2D eigenvalue weighted by atomic mass is 10.1. The molecule has 0 radical (unpaired) electrons. The molecule has 0 spiro atoms. The summed E-state index contributed by atoms with van der Waals surface area (Å²) in [5.41, 5.74) is 6.64. The molecule has 166 valence electrons. The third-order valence-electron chi connectivity index (χ3n) is 5.51. The Balaban J connectivity index is 1.69. The van der Waals surface area contributed by atoms with Gasteiger partial charge in [0.1, 0.15) is 5.75 Å². The average molecular weight is 475 g/mol. The first-order valence-corrected chi connectivity index (χ1v) is 12.2. The number of aromatic nitrogens is 1. The van der Waals surface area contributed by atoms with Crippen LogP contribution in [0.3, 0.4) is 0 Å². The van der Waals surface area contributed by atoms with Crippen molar-refractivity contribution in [1.82, 2.24) is 4.68 Å². The van der Waals surface area contributed by atoms with E-state index in [1.165, 1.54) is 16.9 Å². The van der Waals surface area contributed by atoms with Gasteiger partial charge in [0.2, 0.25) is 4.80 Å². The predicted octanol–water partition coefficient (Wildman–Crippen LogP) is 5.73. The largest absolute Gasteiger partial charge is 0.482 e. The van der Waals surface area contributed by atoms with E-state index in [0.29, 0.717) is 11.4 Å². The minimum atomic E-state index is -0.157. The summed E-state index contributed by atoms with van der Waals surface area (Å²) in [5.74, 6) is 0.508. The number of thiophene rings is 1. The topological polar surface area (TPSA) is 68.0 Å². The standard InChI is InChI=1S/C25H22N4O2S2/c1-15-6-4-7-19(16(15)2)27-25-29(28-17(3)23-8-5-11-32-23)21(14-33-25)18-9-10-22-20(12-18)26-24(30)13-31-22/h4-12,14H,13H2,1-3H3,(H,26,30). The van der Waals surface area contributed by atoms with Gasteiger partial charge in [0.25, 0.3) is 5.91 Å². The summed E-state index contributed by atoms with van der Waals surface area (Å²) < 4.78 is 7.40. The highest BCUT2D eigenvalue weighted by Crippen LogP contribution is 2.33. The number of benzene rings is 2. The number of aryl methyl sites for hydroxylation is 1. The highest BCUT2D eigenvalue weighted by Gasteiger charge is 2.18. The van der Waals surface area contributed by atoms with E-state index in [4.69, 9.17) is 14.8 Å². The molecule has 1 aliphatic heterocycles. The first-order valence-electron chi connectivity index (χ1n) is 10.5. The van der Waals surface area contributed by atoms with Gasteiger partial charge in [0.15, 0.2) is 6.61 Å². The van der Waals surface area contributed by atoms with Gasteiger partial charge in [-0.15, -0.1) is 22.7 Å². The van der Waals surface area contributed by atoms with Gasteiger partial charge in [-0.1, -0.05) is 18.2 Å². The number of nitrogens with zero attached hydrogens (tertiary/aromatic N) is 3. The van der Waals surface area contributed by atoms with Crippen LogP contribution in [0.2, 0.25) is 0 Å². The highest BCUT2D eigenvalue weighted by atomic mass is 32.1. The summed E-state index contributed by atoms with van der Waals surface area (Å²) in [6.45, 7) is 6.21. The van der Waals surface area contributed by atoms with Crippen molar-refractivity contribution in [1.29, 1.82) is 0 Å². The average Bonchev–Trinajstić information content (AvgIpc) is 3.47. The summed E-state index contributed by atoms with van der Waals surface area (Å²) in [6.07, 6.45) is 0. The molecule has 1 amide bonds. The maximum atomic E-state index is 11.8. The summed E-state index contributed by atoms with van der Waals surface area (Å²) in [7, 11) is 0. The molecule has 0 saturated carbocycles. The SMILES string of the molecule is CC(=Nn1c(-c2ccc3c(c2)NC(=O)CO3)csc1=Nc1cccc(C)c1C)c1cccs1. The number of nitrogens with one attached hydrogen (secondary N) is 1. The zero-order chi connectivity index (χ0) is 22.9. The van der Waals surface area contributed by atoms with Crippen molar-refractivity contribution < 1.29 is 9.53 Å². The Morgan fingerprint density at radius 3 is 2.82 bits per heavy atom. The first-order chi connectivity index (χ1) is 16.0. The molecule has 5 rings (SSSR count). The molecular formula is C25H22N4O2S2. The molecule has 0 aliphatic carbocycles. The van der Waals surface area contributed by atoms with E-state index in [9.17, 15) is 4.79 Å². The number of thiazole rings is 1. The Kier molecular flexibility index (Phi) is 5.70. The smallest absolute Gasteiger partial charge is 0.262 e. The van der Waals surface area contributed by atoms with Gasteiger partial charge < -0.3 is 10.1 Å². The van der Waals surface area contributed by atoms with Gasteiger partial charge in [-0.05, 0) is 67.6 Å². The maximum Gasteiger partial charge on any atom is 0.262 e. The van der Waals surface area contributed by atoms with Gasteiger partial charge >= 0.3 is 0 Å². The molecule has 0 bridgehead atoms. The van der Waals surface area contributed by atoms with Gasteiger partial charge in [-0.2, -0.15) is 5.10 Å². The maximum absolute atomic E-state index is 11.8. The molecule has 0 atom stereocenters. The molecule has 8 heteroatoms. The molecule has 33 heavy (non-hydrogen) atoms. The van der Waals surface area contributed by atoms with E-state index in [1.807, 2.05) is 58.8 Å². The van der Waals surface area contributed by atoms with Crippen LogP contribution in [0.4, 0.5) is 11.4 Å². The van der Waals surface area contributed by atoms with Crippen LogP contribution < -0.4 is 14.9 Å². The number of rotatable bonds is 4. The fourth-order valence-electron chi connectivity index (χ4n) is 3.56. The van der Waals surface area contributed by atoms with Crippen molar-refractivity contribution in [2.24, 2.45) is 10.1 Å². The Hall–Kier alpha value is -3.49. The number of carbonyl (C=O) groups excluding carboxylic acids is 1. The van der Waals surface area contributed by atoms with E-state index in [1.54, 1.807) is 11.3 Å². The fraction of sp³-hybridized carbons (Fsp3) is 0.160. The van der Waals surface area contributed by atoms with Crippen molar-refractivity contribution in [2.75, 3.05) is 11.9 Å². The lowest BCUT2D eigenvalue weighted by Gasteiger charge is -2.18. The number of ether oxygens (including phenoxy) is 1. The van der Waals surface area contributed by atoms with Gasteiger partial charge in [-0.3, -0.25) is 4.79 Å². The Bertz CT molecular complexity index is 1450. The summed E-state index contributed by atoms with van der Waals surface area (Å²) in [4.78, 5) is 18.6. The van der Waals surface area contributed by atoms with E-state index in [-0.39, 0.29) is 12.5 Å². The minimum absolute atomic E-state index is 0.0357. The molecule has 1 aliphatic rings. The van der Waals surface area contributed by atoms with E-state index in [2.05, 4.69) is 31.3 Å². The zero-order valence-electron chi connectivity index (χ0n) is 18.5. The van der Waals surface area contributed by atoms with Crippen molar-refractivity contribution in [3.63, 3.8) is 0 Å². The fourth-order valence-corrected chi connectivity index (χ4v) is 5.07. The molecule has 0 fully saturated rings. The van der Waals surface area contributed by atoms with Crippen LogP contribution in [-0.2, 0) is 4.79 Å². The molecule has 2 aromatic heterocycles. The molecule has 0 unspecified atom stereocenters. The van der Waals surface area contributed by atoms with Crippen LogP contribution in [0, 0.1) is 13.8 Å². The number of anilines is 1. The molecule has 3 heterocycles. The van der Waals surface area contributed by atoms with Crippen LogP contribution in [-0.4, -0.2) is 22.9 Å². The van der Waals surface area contributed by atoms with Crippen molar-refractivity contribution >= 4 is 45.7 Å². The minimum Gasteiger partial charge on any atom is -0.482 e. The van der Waals surface area contributed by atoms with Crippen LogP contribution in [0.1, 0.15) is 22.9 Å². The van der Waals surface area contributed by atoms with Gasteiger partial charge in [0.05, 0.1) is 27.7 Å². The second kappa shape index (κ2) is 8.80. The van der Waals surface area contributed by atoms with Crippen molar-refractivity contribution in [3.05, 3.63) is 80.1 Å². The lowest BCUT2D eigenvalue weighted by molar-refractivity contribution is -0.118. The molecule has 4 aromatic rings. The molecule has 0 saturated heterocycles. The number of fused-ring (bicyclic) bond motifs is 1. The third kappa shape index (κ3) is 4.27. The third-order valence-corrected chi connectivity index (χ3v) is 7.31. The van der Waals surface area contributed by atoms with Gasteiger partial charge in [0, 0.05) is 10.9 Å². The van der Waals surface area contributed by atoms with Crippen LogP contribution >= 0.6 is 22.7 Å². The molecule has 2 aromatic carbocycles. The normalized spacial score (nSPS) is 14.1. The quantitative estimate of drug-likeness (QED) is 0.384. The number of amides is 1. The van der Waals surface area contributed by atoms with Crippen molar-refractivity contribution in [2.45, 2.75) is 20.8 Å². The van der Waals surface area contributed by atoms with E-state index in [0.717, 1.165) is 37.9 Å². The predicted molar refractivity (Wildman–Crippen MR) is 135 cm³/mol. The Morgan fingerprint density at radius 2 is 2.00 bits per heavy atom. The van der Waals surface area contributed by atoms with Crippen LogP contribution in [0.15, 0.2) is 69.4 Å². The van der Waals surface area contributed by atoms with E-state index >= 15 is 0 Å². The summed E-state index contributed by atoms with van der Waals surface area (Å²) in [6, 6.07) is 16.0. The van der Waals surface area contributed by atoms with E-state index < -0.39 is 0 Å². The zero-order valence-corrected chi connectivity index (χ0v) is 20.1. The number of hydrogen-bond donors (Lipinski definition) is 1. The highest BCUT2D eigenvalue weighted by molar-refractivity contribution is 7.12. The second-order valence-electron chi connectivity index (χ2n) is 7.76. The van der Waals surface area contributed by atoms with Crippen LogP contribution in [0.5, 0.6) is 5.75 Å². The molecule has 1 N–H and O–H groups in total.